The number of rotatable bonds is 14. The van der Waals surface area contributed by atoms with Gasteiger partial charge in [0.1, 0.15) is 5.78 Å². The molecule has 0 bridgehead atoms. The van der Waals surface area contributed by atoms with E-state index in [-0.39, 0.29) is 0 Å². The van der Waals surface area contributed by atoms with E-state index in [9.17, 15) is 4.79 Å². The Kier molecular flexibility index (Phi) is 7.97. The minimum Gasteiger partial charge on any atom is -0.300 e. The zero-order valence-corrected chi connectivity index (χ0v) is 15.1. The van der Waals surface area contributed by atoms with Gasteiger partial charge in [0.15, 0.2) is 0 Å². The smallest absolute Gasteiger partial charge is 0.129 e. The maximum atomic E-state index is 10.9. The van der Waals surface area contributed by atoms with Crippen LogP contribution in [-0.2, 0) is 4.79 Å². The molecule has 0 amide bonds. The molecule has 2 aliphatic carbocycles. The number of ketones is 1. The normalized spacial score (nSPS) is 29.5. The van der Waals surface area contributed by atoms with Crippen molar-refractivity contribution >= 4 is 5.78 Å². The first kappa shape index (κ1) is 18.0. The van der Waals surface area contributed by atoms with Crippen molar-refractivity contribution in [2.45, 2.75) is 104 Å². The SMILES string of the molecule is CCCCCC1CC1CC1CC1CCCCCCCC(C)=O. The third-order valence-corrected chi connectivity index (χ3v) is 6.03. The van der Waals surface area contributed by atoms with Crippen LogP contribution in [0.1, 0.15) is 104 Å². The summed E-state index contributed by atoms with van der Waals surface area (Å²) < 4.78 is 0. The van der Waals surface area contributed by atoms with Gasteiger partial charge in [0.2, 0.25) is 0 Å². The molecule has 1 nitrogen and oxygen atoms in total. The van der Waals surface area contributed by atoms with E-state index in [4.69, 9.17) is 0 Å². The molecule has 2 fully saturated rings. The van der Waals surface area contributed by atoms with Crippen LogP contribution in [-0.4, -0.2) is 5.78 Å². The van der Waals surface area contributed by atoms with Crippen molar-refractivity contribution in [3.63, 3.8) is 0 Å². The zero-order valence-electron chi connectivity index (χ0n) is 15.1. The van der Waals surface area contributed by atoms with Crippen LogP contribution in [0.25, 0.3) is 0 Å². The fourth-order valence-electron chi connectivity index (χ4n) is 4.26. The quantitative estimate of drug-likeness (QED) is 0.333. The average molecular weight is 307 g/mol. The van der Waals surface area contributed by atoms with Crippen LogP contribution in [0.4, 0.5) is 0 Å². The summed E-state index contributed by atoms with van der Waals surface area (Å²) >= 11 is 0. The maximum absolute atomic E-state index is 10.9. The molecule has 2 aliphatic rings. The molecule has 0 aromatic carbocycles. The summed E-state index contributed by atoms with van der Waals surface area (Å²) in [7, 11) is 0. The van der Waals surface area contributed by atoms with E-state index in [1.807, 2.05) is 0 Å². The molecule has 4 atom stereocenters. The van der Waals surface area contributed by atoms with E-state index in [2.05, 4.69) is 6.92 Å². The van der Waals surface area contributed by atoms with E-state index >= 15 is 0 Å². The molecule has 1 heteroatoms. The first-order valence-electron chi connectivity index (χ1n) is 10.2. The van der Waals surface area contributed by atoms with Gasteiger partial charge >= 0.3 is 0 Å². The molecule has 22 heavy (non-hydrogen) atoms. The lowest BCUT2D eigenvalue weighted by atomic mass is 10.0. The van der Waals surface area contributed by atoms with E-state index in [0.29, 0.717) is 5.78 Å². The van der Waals surface area contributed by atoms with Gasteiger partial charge in [-0.05, 0) is 56.3 Å². The molecule has 0 saturated heterocycles. The lowest BCUT2D eigenvalue weighted by Crippen LogP contribution is -1.91. The van der Waals surface area contributed by atoms with Crippen molar-refractivity contribution in [1.82, 2.24) is 0 Å². The van der Waals surface area contributed by atoms with Crippen LogP contribution in [0, 0.1) is 23.7 Å². The Balaban J connectivity index is 1.36. The molecule has 0 spiro atoms. The number of Topliss-reactive ketones (excluding diaryl/α,β-unsaturated/α-hetero) is 1. The molecule has 128 valence electrons. The lowest BCUT2D eigenvalue weighted by molar-refractivity contribution is -0.117. The zero-order chi connectivity index (χ0) is 15.8. The van der Waals surface area contributed by atoms with Gasteiger partial charge in [-0.15, -0.1) is 0 Å². The van der Waals surface area contributed by atoms with Gasteiger partial charge in [0.05, 0.1) is 0 Å². The van der Waals surface area contributed by atoms with Crippen molar-refractivity contribution in [3.05, 3.63) is 0 Å². The van der Waals surface area contributed by atoms with E-state index in [1.54, 1.807) is 26.2 Å². The Morgan fingerprint density at radius 3 is 1.91 bits per heavy atom. The Morgan fingerprint density at radius 2 is 1.32 bits per heavy atom. The number of unbranched alkanes of at least 4 members (excludes halogenated alkanes) is 6. The van der Waals surface area contributed by atoms with E-state index < -0.39 is 0 Å². The maximum Gasteiger partial charge on any atom is 0.129 e. The number of carbonyl (C=O) groups excluding carboxylic acids is 1. The summed E-state index contributed by atoms with van der Waals surface area (Å²) in [4.78, 5) is 10.9. The highest BCUT2D eigenvalue weighted by Gasteiger charge is 2.44. The second-order valence-corrected chi connectivity index (χ2v) is 8.25. The first-order chi connectivity index (χ1) is 10.7. The van der Waals surface area contributed by atoms with E-state index in [0.717, 1.165) is 36.5 Å². The third kappa shape index (κ3) is 7.29. The van der Waals surface area contributed by atoms with Crippen molar-refractivity contribution in [2.75, 3.05) is 0 Å². The highest BCUT2D eigenvalue weighted by Crippen LogP contribution is 2.54. The van der Waals surface area contributed by atoms with Crippen molar-refractivity contribution < 1.29 is 4.79 Å². The molecule has 4 unspecified atom stereocenters. The molecule has 0 aliphatic heterocycles. The van der Waals surface area contributed by atoms with Gasteiger partial charge in [-0.3, -0.25) is 0 Å². The summed E-state index contributed by atoms with van der Waals surface area (Å²) in [5, 5.41) is 0. The summed E-state index contributed by atoms with van der Waals surface area (Å²) in [5.74, 6) is 4.80. The summed E-state index contributed by atoms with van der Waals surface area (Å²) in [5.41, 5.74) is 0. The van der Waals surface area contributed by atoms with Crippen molar-refractivity contribution in [1.29, 1.82) is 0 Å². The van der Waals surface area contributed by atoms with Gasteiger partial charge in [-0.1, -0.05) is 64.7 Å². The minimum absolute atomic E-state index is 0.355. The number of carbonyl (C=O) groups is 1. The Bertz CT molecular complexity index is 322. The Labute approximate surface area is 138 Å². The highest BCUT2D eigenvalue weighted by atomic mass is 16.1. The molecule has 0 heterocycles. The van der Waals surface area contributed by atoms with Crippen LogP contribution >= 0.6 is 0 Å². The lowest BCUT2D eigenvalue weighted by Gasteiger charge is -2.02. The predicted molar refractivity (Wildman–Crippen MR) is 95.0 cm³/mol. The molecule has 0 aromatic heterocycles. The number of hydrogen-bond donors (Lipinski definition) is 0. The molecule has 0 radical (unpaired) electrons. The molecular formula is C21H38O. The van der Waals surface area contributed by atoms with Crippen molar-refractivity contribution in [2.24, 2.45) is 23.7 Å². The predicted octanol–water partition coefficient (Wildman–Crippen LogP) is 6.55. The summed E-state index contributed by atoms with van der Waals surface area (Å²) in [6.45, 7) is 4.02. The third-order valence-electron chi connectivity index (χ3n) is 6.03. The van der Waals surface area contributed by atoms with Gasteiger partial charge in [0.25, 0.3) is 0 Å². The van der Waals surface area contributed by atoms with E-state index in [1.165, 1.54) is 57.8 Å². The fourth-order valence-corrected chi connectivity index (χ4v) is 4.26. The topological polar surface area (TPSA) is 17.1 Å². The van der Waals surface area contributed by atoms with Gasteiger partial charge in [-0.2, -0.15) is 0 Å². The summed E-state index contributed by atoms with van der Waals surface area (Å²) in [6.07, 6.45) is 19.3. The van der Waals surface area contributed by atoms with Crippen LogP contribution < -0.4 is 0 Å². The molecule has 2 saturated carbocycles. The largest absolute Gasteiger partial charge is 0.300 e. The van der Waals surface area contributed by atoms with Gasteiger partial charge in [-0.25, -0.2) is 0 Å². The first-order valence-corrected chi connectivity index (χ1v) is 10.2. The van der Waals surface area contributed by atoms with Crippen LogP contribution in [0.3, 0.4) is 0 Å². The van der Waals surface area contributed by atoms with Gasteiger partial charge in [0, 0.05) is 6.42 Å². The second-order valence-electron chi connectivity index (χ2n) is 8.25. The molecule has 0 aromatic rings. The number of hydrogen-bond acceptors (Lipinski definition) is 1. The highest BCUT2D eigenvalue weighted by molar-refractivity contribution is 5.75. The average Bonchev–Trinajstić information content (AvgIpc) is 3.38. The molecule has 0 N–H and O–H groups in total. The molecule has 2 rings (SSSR count). The second kappa shape index (κ2) is 9.73. The van der Waals surface area contributed by atoms with Gasteiger partial charge < -0.3 is 4.79 Å². The van der Waals surface area contributed by atoms with Crippen LogP contribution in [0.15, 0.2) is 0 Å². The minimum atomic E-state index is 0.355. The summed E-state index contributed by atoms with van der Waals surface area (Å²) in [6, 6.07) is 0. The monoisotopic (exact) mass is 306 g/mol. The Morgan fingerprint density at radius 1 is 0.773 bits per heavy atom. The molecular weight excluding hydrogens is 268 g/mol. The Hall–Kier alpha value is -0.330. The standard InChI is InChI=1S/C21H38O/c1-3-4-8-12-18-14-20(18)16-21-15-19(21)13-10-7-5-6-9-11-17(2)22/h18-21H,3-16H2,1-2H3. The van der Waals surface area contributed by atoms with Crippen LogP contribution in [0.5, 0.6) is 0 Å². The van der Waals surface area contributed by atoms with Crippen LogP contribution in [0.2, 0.25) is 0 Å². The van der Waals surface area contributed by atoms with Crippen molar-refractivity contribution in [3.8, 4) is 0 Å². The fraction of sp³-hybridized carbons (Fsp3) is 0.952.